The Morgan fingerprint density at radius 3 is 2.58 bits per heavy atom. The van der Waals surface area contributed by atoms with Crippen molar-refractivity contribution in [3.63, 3.8) is 0 Å². The van der Waals surface area contributed by atoms with Crippen molar-refractivity contribution in [3.05, 3.63) is 108 Å². The van der Waals surface area contributed by atoms with Crippen LogP contribution in [0.15, 0.2) is 91.8 Å². The molecule has 6 aromatic rings. The van der Waals surface area contributed by atoms with Gasteiger partial charge in [0.2, 0.25) is 5.88 Å². The average molecular weight is 428 g/mol. The van der Waals surface area contributed by atoms with Gasteiger partial charge in [-0.1, -0.05) is 42.5 Å². The van der Waals surface area contributed by atoms with E-state index in [0.29, 0.717) is 17.4 Å². The summed E-state index contributed by atoms with van der Waals surface area (Å²) in [5, 5.41) is 6.82. The van der Waals surface area contributed by atoms with Gasteiger partial charge in [-0.25, -0.2) is 14.5 Å². The van der Waals surface area contributed by atoms with E-state index < -0.39 is 0 Å². The van der Waals surface area contributed by atoms with Gasteiger partial charge in [-0.15, -0.1) is 5.10 Å². The largest absolute Gasteiger partial charge is 0.438 e. The van der Waals surface area contributed by atoms with Crippen LogP contribution in [0.2, 0.25) is 0 Å². The van der Waals surface area contributed by atoms with E-state index in [9.17, 15) is 0 Å². The minimum atomic E-state index is -0.149. The van der Waals surface area contributed by atoms with Crippen LogP contribution in [0.3, 0.4) is 0 Å². The van der Waals surface area contributed by atoms with Gasteiger partial charge in [0.05, 0.1) is 5.56 Å². The molecule has 0 N–H and O–H groups in total. The Morgan fingerprint density at radius 1 is 0.848 bits per heavy atom. The maximum atomic E-state index is 6.44. The van der Waals surface area contributed by atoms with Crippen LogP contribution < -0.4 is 4.74 Å². The van der Waals surface area contributed by atoms with Gasteiger partial charge < -0.3 is 4.74 Å². The number of hydrogen-bond donors (Lipinski definition) is 0. The fourth-order valence-electron chi connectivity index (χ4n) is 4.56. The molecule has 4 aromatic heterocycles. The zero-order chi connectivity index (χ0) is 21.8. The minimum Gasteiger partial charge on any atom is -0.438 e. The van der Waals surface area contributed by atoms with Crippen LogP contribution >= 0.6 is 0 Å². The van der Waals surface area contributed by atoms with Crippen LogP contribution in [0.5, 0.6) is 11.6 Å². The first-order chi connectivity index (χ1) is 16.4. The molecule has 5 heterocycles. The average Bonchev–Trinajstić information content (AvgIpc) is 3.33. The molecular weight excluding hydrogens is 412 g/mol. The molecule has 0 amide bonds. The molecule has 0 unspecified atom stereocenters. The van der Waals surface area contributed by atoms with Crippen molar-refractivity contribution >= 4 is 16.4 Å². The number of fused-ring (bicyclic) bond motifs is 6. The van der Waals surface area contributed by atoms with Gasteiger partial charge in [-0.2, -0.15) is 0 Å². The molecule has 0 bridgehead atoms. The van der Waals surface area contributed by atoms with E-state index in [1.165, 1.54) is 0 Å². The smallest absolute Gasteiger partial charge is 0.228 e. The zero-order valence-corrected chi connectivity index (χ0v) is 17.3. The van der Waals surface area contributed by atoms with Crippen LogP contribution in [-0.4, -0.2) is 29.5 Å². The quantitative estimate of drug-likeness (QED) is 0.385. The number of rotatable bonds is 2. The lowest BCUT2D eigenvalue weighted by Gasteiger charge is -2.28. The summed E-state index contributed by atoms with van der Waals surface area (Å²) in [5.41, 5.74) is 4.51. The van der Waals surface area contributed by atoms with Crippen molar-refractivity contribution in [1.82, 2.24) is 29.5 Å². The van der Waals surface area contributed by atoms with Crippen molar-refractivity contribution < 1.29 is 4.74 Å². The Hall–Kier alpha value is -4.65. The summed E-state index contributed by atoms with van der Waals surface area (Å²) in [7, 11) is 0. The molecule has 0 fully saturated rings. The fraction of sp³-hybridized carbons (Fsp3) is 0.0385. The molecule has 0 saturated carbocycles. The minimum absolute atomic E-state index is 0.149. The van der Waals surface area contributed by atoms with Crippen molar-refractivity contribution in [1.29, 1.82) is 0 Å². The van der Waals surface area contributed by atoms with E-state index in [1.807, 2.05) is 36.5 Å². The molecule has 0 aliphatic carbocycles. The van der Waals surface area contributed by atoms with Crippen LogP contribution in [0.25, 0.3) is 27.8 Å². The molecule has 1 aliphatic rings. The second-order valence-corrected chi connectivity index (χ2v) is 7.94. The van der Waals surface area contributed by atoms with Gasteiger partial charge in [0.25, 0.3) is 0 Å². The number of ether oxygens (including phenoxy) is 1. The zero-order valence-electron chi connectivity index (χ0n) is 17.3. The van der Waals surface area contributed by atoms with Gasteiger partial charge in [0.15, 0.2) is 11.5 Å². The summed E-state index contributed by atoms with van der Waals surface area (Å²) < 4.78 is 8.15. The van der Waals surface area contributed by atoms with Gasteiger partial charge >= 0.3 is 0 Å². The van der Waals surface area contributed by atoms with Crippen molar-refractivity contribution in [3.8, 4) is 23.0 Å². The Bertz CT molecular complexity index is 1650. The molecule has 0 saturated heterocycles. The highest BCUT2D eigenvalue weighted by molar-refractivity contribution is 5.91. The van der Waals surface area contributed by atoms with E-state index in [-0.39, 0.29) is 5.92 Å². The first-order valence-electron chi connectivity index (χ1n) is 10.6. The van der Waals surface area contributed by atoms with Gasteiger partial charge in [-0.05, 0) is 29.1 Å². The molecule has 1 atom stereocenters. The van der Waals surface area contributed by atoms with Crippen molar-refractivity contribution in [2.45, 2.75) is 5.92 Å². The number of pyridine rings is 2. The summed E-state index contributed by atoms with van der Waals surface area (Å²) in [4.78, 5) is 18.1. The summed E-state index contributed by atoms with van der Waals surface area (Å²) in [6.45, 7) is 0. The number of benzene rings is 2. The van der Waals surface area contributed by atoms with Crippen LogP contribution in [-0.2, 0) is 0 Å². The summed E-state index contributed by atoms with van der Waals surface area (Å²) in [6, 6.07) is 20.3. The standard InChI is InChI=1S/C26H16N6O/c1-2-8-19-16(5-1)9-10-20-21(17-6-3-11-27-13-17)22-25-30-24(18-7-4-12-28-14-18)31-32(25)15-29-26(22)33-23(19)20/h1-15,21H/t21-/m1/s1. The number of nitrogens with zero attached hydrogens (tertiary/aromatic N) is 6. The first kappa shape index (κ1) is 18.0. The molecular formula is C26H16N6O. The molecule has 2 aromatic carbocycles. The van der Waals surface area contributed by atoms with Crippen LogP contribution in [0.4, 0.5) is 0 Å². The number of aromatic nitrogens is 6. The van der Waals surface area contributed by atoms with E-state index in [2.05, 4.69) is 50.4 Å². The Kier molecular flexibility index (Phi) is 3.77. The second-order valence-electron chi connectivity index (χ2n) is 7.94. The molecule has 0 spiro atoms. The molecule has 7 nitrogen and oxygen atoms in total. The first-order valence-corrected chi connectivity index (χ1v) is 10.6. The van der Waals surface area contributed by atoms with E-state index in [0.717, 1.165) is 38.8 Å². The summed E-state index contributed by atoms with van der Waals surface area (Å²) >= 11 is 0. The molecule has 0 radical (unpaired) electrons. The lowest BCUT2D eigenvalue weighted by molar-refractivity contribution is 0.437. The molecule has 156 valence electrons. The topological polar surface area (TPSA) is 78.1 Å². The van der Waals surface area contributed by atoms with Gasteiger partial charge in [-0.3, -0.25) is 9.97 Å². The summed E-state index contributed by atoms with van der Waals surface area (Å²) in [5.74, 6) is 1.79. The highest BCUT2D eigenvalue weighted by Crippen LogP contribution is 2.50. The predicted molar refractivity (Wildman–Crippen MR) is 123 cm³/mol. The molecule has 33 heavy (non-hydrogen) atoms. The van der Waals surface area contributed by atoms with E-state index >= 15 is 0 Å². The maximum absolute atomic E-state index is 6.44. The van der Waals surface area contributed by atoms with Gasteiger partial charge in [0.1, 0.15) is 12.1 Å². The lowest BCUT2D eigenvalue weighted by Crippen LogP contribution is -2.15. The normalized spacial score (nSPS) is 14.6. The van der Waals surface area contributed by atoms with E-state index in [1.54, 1.807) is 29.4 Å². The third kappa shape index (κ3) is 2.72. The maximum Gasteiger partial charge on any atom is 0.228 e. The monoisotopic (exact) mass is 428 g/mol. The Labute approximate surface area is 188 Å². The second kappa shape index (κ2) is 6.93. The summed E-state index contributed by atoms with van der Waals surface area (Å²) in [6.07, 6.45) is 8.81. The highest BCUT2D eigenvalue weighted by atomic mass is 16.5. The van der Waals surface area contributed by atoms with Crippen molar-refractivity contribution in [2.75, 3.05) is 0 Å². The van der Waals surface area contributed by atoms with Crippen molar-refractivity contribution in [2.24, 2.45) is 0 Å². The molecule has 1 aliphatic heterocycles. The molecule has 7 rings (SSSR count). The lowest BCUT2D eigenvalue weighted by atomic mass is 9.83. The highest BCUT2D eigenvalue weighted by Gasteiger charge is 2.34. The van der Waals surface area contributed by atoms with Gasteiger partial charge in [0, 0.05) is 47.2 Å². The fourth-order valence-corrected chi connectivity index (χ4v) is 4.56. The Balaban J connectivity index is 1.53. The Morgan fingerprint density at radius 2 is 1.73 bits per heavy atom. The third-order valence-corrected chi connectivity index (χ3v) is 6.03. The number of hydrogen-bond acceptors (Lipinski definition) is 6. The van der Waals surface area contributed by atoms with E-state index in [4.69, 9.17) is 9.72 Å². The molecule has 7 heteroatoms. The van der Waals surface area contributed by atoms with Crippen LogP contribution in [0.1, 0.15) is 22.6 Å². The third-order valence-electron chi connectivity index (χ3n) is 6.03. The van der Waals surface area contributed by atoms with Crippen LogP contribution in [0, 0.1) is 0 Å². The predicted octanol–water partition coefficient (Wildman–Crippen LogP) is 5.02. The SMILES string of the molecule is c1cncc(-c2nc3c4c(ncn3n2)Oc2c(ccc3ccccc23)[C@H]4c2cccnc2)c1.